The molecule has 8 heteroatoms. The number of amides is 1. The zero-order valence-electron chi connectivity index (χ0n) is 16.1. The third kappa shape index (κ3) is 4.90. The molecule has 0 radical (unpaired) electrons. The van der Waals surface area contributed by atoms with Gasteiger partial charge in [0.25, 0.3) is 0 Å². The highest BCUT2D eigenvalue weighted by molar-refractivity contribution is 9.10. The Hall–Kier alpha value is -3.10. The number of nitrogens with one attached hydrogen (secondary N) is 1. The lowest BCUT2D eigenvalue weighted by Crippen LogP contribution is -2.10. The standard InChI is InChI=1S/C22H18BrNO5S/c1-28-17-9-3-13(11-18(17)29-2)4-10-19(25)24-21-20(22(26)27)16(12-30-21)14-5-7-15(23)8-6-14/h3-12H,1-2H3,(H,24,25)(H,26,27)/b10-4-. The Bertz CT molecular complexity index is 1110. The molecule has 0 spiro atoms. The van der Waals surface area contributed by atoms with E-state index in [9.17, 15) is 14.7 Å². The Morgan fingerprint density at radius 2 is 1.77 bits per heavy atom. The first kappa shape index (κ1) is 21.6. The third-order valence-electron chi connectivity index (χ3n) is 4.23. The molecule has 0 saturated carbocycles. The molecular formula is C22H18BrNO5S. The first-order valence-corrected chi connectivity index (χ1v) is 10.4. The van der Waals surface area contributed by atoms with E-state index in [0.717, 1.165) is 15.6 Å². The number of rotatable bonds is 7. The number of benzene rings is 2. The van der Waals surface area contributed by atoms with E-state index >= 15 is 0 Å². The summed E-state index contributed by atoms with van der Waals surface area (Å²) in [5.41, 5.74) is 2.12. The second-order valence-corrected chi connectivity index (χ2v) is 7.90. The SMILES string of the molecule is COc1ccc(/C=C\C(=O)Nc2scc(-c3ccc(Br)cc3)c2C(=O)O)cc1OC. The number of halogens is 1. The van der Waals surface area contributed by atoms with Gasteiger partial charge in [0.2, 0.25) is 5.91 Å². The number of carbonyl (C=O) groups is 2. The van der Waals surface area contributed by atoms with Crippen LogP contribution >= 0.6 is 27.3 Å². The van der Waals surface area contributed by atoms with Crippen molar-refractivity contribution in [3.63, 3.8) is 0 Å². The van der Waals surface area contributed by atoms with Crippen molar-refractivity contribution in [1.82, 2.24) is 0 Å². The zero-order chi connectivity index (χ0) is 21.7. The Morgan fingerprint density at radius 1 is 1.07 bits per heavy atom. The van der Waals surface area contributed by atoms with E-state index < -0.39 is 11.9 Å². The van der Waals surface area contributed by atoms with Crippen LogP contribution in [-0.2, 0) is 4.79 Å². The van der Waals surface area contributed by atoms with Crippen molar-refractivity contribution in [2.75, 3.05) is 19.5 Å². The average Bonchev–Trinajstić information content (AvgIpc) is 3.16. The van der Waals surface area contributed by atoms with E-state index in [1.807, 2.05) is 24.3 Å². The van der Waals surface area contributed by atoms with Crippen LogP contribution in [-0.4, -0.2) is 31.2 Å². The maximum Gasteiger partial charge on any atom is 0.339 e. The van der Waals surface area contributed by atoms with Crippen molar-refractivity contribution in [3.8, 4) is 22.6 Å². The van der Waals surface area contributed by atoms with Gasteiger partial charge in [0.05, 0.1) is 14.2 Å². The van der Waals surface area contributed by atoms with Gasteiger partial charge in [0.1, 0.15) is 10.6 Å². The summed E-state index contributed by atoms with van der Waals surface area (Å²) in [5.74, 6) is -0.403. The average molecular weight is 488 g/mol. The smallest absolute Gasteiger partial charge is 0.339 e. The van der Waals surface area contributed by atoms with Crippen LogP contribution < -0.4 is 14.8 Å². The Balaban J connectivity index is 1.81. The van der Waals surface area contributed by atoms with Gasteiger partial charge in [-0.05, 0) is 41.5 Å². The predicted molar refractivity (Wildman–Crippen MR) is 122 cm³/mol. The van der Waals surface area contributed by atoms with Crippen LogP contribution in [0, 0.1) is 0 Å². The van der Waals surface area contributed by atoms with E-state index in [1.165, 1.54) is 24.5 Å². The van der Waals surface area contributed by atoms with E-state index in [-0.39, 0.29) is 10.6 Å². The summed E-state index contributed by atoms with van der Waals surface area (Å²) in [7, 11) is 3.08. The van der Waals surface area contributed by atoms with E-state index in [0.29, 0.717) is 17.1 Å². The van der Waals surface area contributed by atoms with Crippen LogP contribution in [0.2, 0.25) is 0 Å². The summed E-state index contributed by atoms with van der Waals surface area (Å²) in [5, 5.41) is 14.3. The van der Waals surface area contributed by atoms with Gasteiger partial charge < -0.3 is 19.9 Å². The second kappa shape index (κ2) is 9.60. The first-order valence-electron chi connectivity index (χ1n) is 8.74. The molecule has 2 N–H and O–H groups in total. The summed E-state index contributed by atoms with van der Waals surface area (Å²) >= 11 is 4.53. The number of thiophene rings is 1. The second-order valence-electron chi connectivity index (χ2n) is 6.10. The molecule has 1 heterocycles. The number of aromatic carboxylic acids is 1. The minimum atomic E-state index is -1.10. The number of methoxy groups -OCH3 is 2. The lowest BCUT2D eigenvalue weighted by atomic mass is 10.0. The molecule has 0 saturated heterocycles. The monoisotopic (exact) mass is 487 g/mol. The first-order chi connectivity index (χ1) is 14.4. The zero-order valence-corrected chi connectivity index (χ0v) is 18.5. The molecule has 0 aliphatic rings. The number of carbonyl (C=O) groups excluding carboxylic acids is 1. The Kier molecular flexibility index (Phi) is 6.91. The molecule has 0 unspecified atom stereocenters. The molecule has 30 heavy (non-hydrogen) atoms. The number of ether oxygens (including phenoxy) is 2. The third-order valence-corrected chi connectivity index (χ3v) is 5.66. The number of hydrogen-bond acceptors (Lipinski definition) is 5. The fourth-order valence-electron chi connectivity index (χ4n) is 2.79. The minimum Gasteiger partial charge on any atom is -0.493 e. The quantitative estimate of drug-likeness (QED) is 0.427. The van der Waals surface area contributed by atoms with Crippen LogP contribution in [0.15, 0.2) is 58.4 Å². The van der Waals surface area contributed by atoms with Crippen LogP contribution in [0.4, 0.5) is 5.00 Å². The van der Waals surface area contributed by atoms with Crippen LogP contribution in [0.5, 0.6) is 11.5 Å². The highest BCUT2D eigenvalue weighted by Crippen LogP contribution is 2.36. The number of carboxylic acids is 1. The topological polar surface area (TPSA) is 84.9 Å². The van der Waals surface area contributed by atoms with Crippen molar-refractivity contribution in [1.29, 1.82) is 0 Å². The van der Waals surface area contributed by atoms with Crippen LogP contribution in [0.25, 0.3) is 17.2 Å². The van der Waals surface area contributed by atoms with Gasteiger partial charge in [-0.1, -0.05) is 34.1 Å². The lowest BCUT2D eigenvalue weighted by Gasteiger charge is -2.07. The van der Waals surface area contributed by atoms with Gasteiger partial charge >= 0.3 is 5.97 Å². The molecule has 0 aliphatic carbocycles. The highest BCUT2D eigenvalue weighted by atomic mass is 79.9. The summed E-state index contributed by atoms with van der Waals surface area (Å²) < 4.78 is 11.3. The molecule has 0 bridgehead atoms. The maximum absolute atomic E-state index is 12.4. The molecule has 0 aliphatic heterocycles. The molecule has 0 fully saturated rings. The normalized spacial score (nSPS) is 10.8. The van der Waals surface area contributed by atoms with E-state index in [2.05, 4.69) is 21.2 Å². The van der Waals surface area contributed by atoms with Crippen molar-refractivity contribution >= 4 is 50.2 Å². The van der Waals surface area contributed by atoms with E-state index in [1.54, 1.807) is 36.8 Å². The molecule has 6 nitrogen and oxygen atoms in total. The van der Waals surface area contributed by atoms with Gasteiger partial charge in [-0.25, -0.2) is 4.79 Å². The fraction of sp³-hybridized carbons (Fsp3) is 0.0909. The summed E-state index contributed by atoms with van der Waals surface area (Å²) in [6, 6.07) is 12.6. The van der Waals surface area contributed by atoms with Gasteiger partial charge in [0, 0.05) is 21.5 Å². The molecule has 1 amide bonds. The number of carboxylic acid groups (broad SMARTS) is 1. The van der Waals surface area contributed by atoms with Crippen LogP contribution in [0.1, 0.15) is 15.9 Å². The molecule has 0 atom stereocenters. The molecular weight excluding hydrogens is 470 g/mol. The number of hydrogen-bond donors (Lipinski definition) is 2. The van der Waals surface area contributed by atoms with Crippen LogP contribution in [0.3, 0.4) is 0 Å². The lowest BCUT2D eigenvalue weighted by molar-refractivity contribution is -0.111. The Morgan fingerprint density at radius 3 is 2.40 bits per heavy atom. The van der Waals surface area contributed by atoms with Crippen molar-refractivity contribution in [2.45, 2.75) is 0 Å². The molecule has 1 aromatic heterocycles. The predicted octanol–water partition coefficient (Wildman–Crippen LogP) is 5.54. The highest BCUT2D eigenvalue weighted by Gasteiger charge is 2.20. The summed E-state index contributed by atoms with van der Waals surface area (Å²) in [6.07, 6.45) is 2.95. The fourth-order valence-corrected chi connectivity index (χ4v) is 4.01. The van der Waals surface area contributed by atoms with Crippen molar-refractivity contribution in [2.24, 2.45) is 0 Å². The number of anilines is 1. The molecule has 2 aromatic carbocycles. The van der Waals surface area contributed by atoms with Gasteiger partial charge in [0.15, 0.2) is 11.5 Å². The van der Waals surface area contributed by atoms with Crippen molar-refractivity contribution in [3.05, 3.63) is 69.5 Å². The van der Waals surface area contributed by atoms with Gasteiger partial charge in [-0.15, -0.1) is 11.3 Å². The molecule has 154 valence electrons. The Labute approximate surface area is 185 Å². The van der Waals surface area contributed by atoms with Gasteiger partial charge in [-0.2, -0.15) is 0 Å². The summed E-state index contributed by atoms with van der Waals surface area (Å²) in [4.78, 5) is 24.2. The summed E-state index contributed by atoms with van der Waals surface area (Å²) in [6.45, 7) is 0. The van der Waals surface area contributed by atoms with E-state index in [4.69, 9.17) is 9.47 Å². The minimum absolute atomic E-state index is 0.0650. The molecule has 3 aromatic rings. The van der Waals surface area contributed by atoms with Crippen molar-refractivity contribution < 1.29 is 24.2 Å². The molecule has 3 rings (SSSR count). The maximum atomic E-state index is 12.4. The largest absolute Gasteiger partial charge is 0.493 e. The van der Waals surface area contributed by atoms with Gasteiger partial charge in [-0.3, -0.25) is 4.79 Å².